The molecule has 0 aliphatic rings. The fraction of sp³-hybridized carbons (Fsp3) is 0.0417. The van der Waals surface area contributed by atoms with Crippen molar-refractivity contribution in [1.29, 1.82) is 0 Å². The van der Waals surface area contributed by atoms with Crippen LogP contribution in [0.25, 0.3) is 5.69 Å². The van der Waals surface area contributed by atoms with Gasteiger partial charge in [0.25, 0.3) is 11.5 Å². The molecule has 3 aromatic carbocycles. The van der Waals surface area contributed by atoms with E-state index < -0.39 is 17.3 Å². The Hall–Kier alpha value is -4.46. The van der Waals surface area contributed by atoms with E-state index in [-0.39, 0.29) is 17.0 Å². The first-order chi connectivity index (χ1) is 15.5. The fourth-order valence-corrected chi connectivity index (χ4v) is 3.01. The number of carbonyl (C=O) groups excluding carboxylic acids is 1. The number of amides is 1. The number of anilines is 1. The highest BCUT2D eigenvalue weighted by Crippen LogP contribution is 2.23. The zero-order chi connectivity index (χ0) is 22.5. The van der Waals surface area contributed by atoms with Crippen LogP contribution < -0.4 is 20.3 Å². The van der Waals surface area contributed by atoms with Crippen LogP contribution in [-0.4, -0.2) is 22.8 Å². The van der Waals surface area contributed by atoms with Crippen LogP contribution in [0.5, 0.6) is 17.2 Å². The first-order valence-electron chi connectivity index (χ1n) is 9.62. The highest BCUT2D eigenvalue weighted by molar-refractivity contribution is 6.04. The average molecular weight is 431 g/mol. The van der Waals surface area contributed by atoms with Gasteiger partial charge in [0.1, 0.15) is 34.3 Å². The third kappa shape index (κ3) is 4.49. The molecule has 7 nitrogen and oxygen atoms in total. The Morgan fingerprint density at radius 2 is 1.69 bits per heavy atom. The van der Waals surface area contributed by atoms with Crippen molar-refractivity contribution in [2.45, 2.75) is 0 Å². The predicted molar refractivity (Wildman–Crippen MR) is 117 cm³/mol. The molecule has 8 heteroatoms. The molecule has 0 saturated carbocycles. The molecule has 4 rings (SSSR count). The zero-order valence-electron chi connectivity index (χ0n) is 17.0. The van der Waals surface area contributed by atoms with Gasteiger partial charge in [0.15, 0.2) is 0 Å². The van der Waals surface area contributed by atoms with Crippen LogP contribution in [0.4, 0.5) is 10.1 Å². The van der Waals surface area contributed by atoms with Gasteiger partial charge in [-0.25, -0.2) is 4.39 Å². The van der Waals surface area contributed by atoms with Crippen molar-refractivity contribution in [3.8, 4) is 22.9 Å². The normalized spacial score (nSPS) is 10.4. The van der Waals surface area contributed by atoms with Crippen LogP contribution in [0.1, 0.15) is 10.4 Å². The largest absolute Gasteiger partial charge is 0.494 e. The van der Waals surface area contributed by atoms with Gasteiger partial charge in [-0.2, -0.15) is 9.78 Å². The highest BCUT2D eigenvalue weighted by atomic mass is 19.1. The lowest BCUT2D eigenvalue weighted by molar-refractivity contribution is 0.102. The lowest BCUT2D eigenvalue weighted by atomic mass is 10.2. The molecule has 0 bridgehead atoms. The molecule has 1 N–H and O–H groups in total. The zero-order valence-corrected chi connectivity index (χ0v) is 17.0. The van der Waals surface area contributed by atoms with Crippen LogP contribution in [-0.2, 0) is 0 Å². The second-order valence-electron chi connectivity index (χ2n) is 6.67. The average Bonchev–Trinajstić information content (AvgIpc) is 2.81. The number of para-hydroxylation sites is 1. The van der Waals surface area contributed by atoms with Gasteiger partial charge < -0.3 is 14.8 Å². The number of benzene rings is 3. The minimum Gasteiger partial charge on any atom is -0.494 e. The molecule has 0 radical (unpaired) electrons. The lowest BCUT2D eigenvalue weighted by Gasteiger charge is -2.11. The second-order valence-corrected chi connectivity index (χ2v) is 6.67. The van der Waals surface area contributed by atoms with Crippen LogP contribution in [0, 0.1) is 5.82 Å². The smallest absolute Gasteiger partial charge is 0.284 e. The molecule has 1 heterocycles. The molecule has 0 aliphatic carbocycles. The molecular formula is C24H18FN3O4. The number of nitrogens with zero attached hydrogens (tertiary/aromatic N) is 2. The summed E-state index contributed by atoms with van der Waals surface area (Å²) < 4.78 is 25.3. The summed E-state index contributed by atoms with van der Waals surface area (Å²) in [7, 11) is 1.35. The van der Waals surface area contributed by atoms with E-state index in [0.29, 0.717) is 17.2 Å². The number of ether oxygens (including phenoxy) is 2. The minimum absolute atomic E-state index is 0.117. The SMILES string of the molecule is COc1cc(F)ccc1-n1nccc(C(=O)Nc2ccc(Oc3ccccc3)cc2)c1=O. The molecule has 1 aromatic heterocycles. The molecule has 4 aromatic rings. The molecule has 160 valence electrons. The quantitative estimate of drug-likeness (QED) is 0.489. The second kappa shape index (κ2) is 9.13. The van der Waals surface area contributed by atoms with Gasteiger partial charge in [-0.05, 0) is 54.6 Å². The fourth-order valence-electron chi connectivity index (χ4n) is 3.01. The number of rotatable bonds is 6. The van der Waals surface area contributed by atoms with E-state index >= 15 is 0 Å². The van der Waals surface area contributed by atoms with Crippen molar-refractivity contribution in [2.24, 2.45) is 0 Å². The first kappa shape index (κ1) is 20.8. The summed E-state index contributed by atoms with van der Waals surface area (Å²) in [5.41, 5.74) is -0.0940. The highest BCUT2D eigenvalue weighted by Gasteiger charge is 2.16. The van der Waals surface area contributed by atoms with Crippen molar-refractivity contribution in [2.75, 3.05) is 12.4 Å². The topological polar surface area (TPSA) is 82.5 Å². The summed E-state index contributed by atoms with van der Waals surface area (Å²) in [5, 5.41) is 6.67. The van der Waals surface area contributed by atoms with E-state index in [2.05, 4.69) is 10.4 Å². The third-order valence-corrected chi connectivity index (χ3v) is 4.55. The number of hydrogen-bond donors (Lipinski definition) is 1. The number of aromatic nitrogens is 2. The van der Waals surface area contributed by atoms with E-state index in [9.17, 15) is 14.0 Å². The number of nitrogens with one attached hydrogen (secondary N) is 1. The number of hydrogen-bond acceptors (Lipinski definition) is 5. The summed E-state index contributed by atoms with van der Waals surface area (Å²) >= 11 is 0. The maximum absolute atomic E-state index is 13.5. The van der Waals surface area contributed by atoms with Crippen molar-refractivity contribution >= 4 is 11.6 Å². The summed E-state index contributed by atoms with van der Waals surface area (Å²) in [6.07, 6.45) is 1.32. The number of carbonyl (C=O) groups is 1. The maximum atomic E-state index is 13.5. The Bertz CT molecular complexity index is 1310. The lowest BCUT2D eigenvalue weighted by Crippen LogP contribution is -2.29. The van der Waals surface area contributed by atoms with E-state index in [1.165, 1.54) is 31.5 Å². The Labute approximate surface area is 182 Å². The molecule has 0 aliphatic heterocycles. The minimum atomic E-state index is -0.668. The van der Waals surface area contributed by atoms with Gasteiger partial charge in [0, 0.05) is 18.0 Å². The number of halogens is 1. The molecule has 0 unspecified atom stereocenters. The Morgan fingerprint density at radius 3 is 2.41 bits per heavy atom. The Morgan fingerprint density at radius 1 is 0.969 bits per heavy atom. The summed E-state index contributed by atoms with van der Waals surface area (Å²) in [5.74, 6) is 0.282. The van der Waals surface area contributed by atoms with E-state index in [1.807, 2.05) is 30.3 Å². The van der Waals surface area contributed by atoms with Gasteiger partial charge in [-0.1, -0.05) is 18.2 Å². The van der Waals surface area contributed by atoms with E-state index in [4.69, 9.17) is 9.47 Å². The molecule has 0 atom stereocenters. The molecule has 0 spiro atoms. The summed E-state index contributed by atoms with van der Waals surface area (Å²) in [4.78, 5) is 25.6. The van der Waals surface area contributed by atoms with Crippen molar-refractivity contribution < 1.29 is 18.7 Å². The van der Waals surface area contributed by atoms with Crippen LogP contribution in [0.2, 0.25) is 0 Å². The number of methoxy groups -OCH3 is 1. The molecule has 0 fully saturated rings. The van der Waals surface area contributed by atoms with Crippen molar-refractivity contribution in [3.05, 3.63) is 107 Å². The summed E-state index contributed by atoms with van der Waals surface area (Å²) in [6.45, 7) is 0. The van der Waals surface area contributed by atoms with Gasteiger partial charge in [0.05, 0.1) is 7.11 Å². The molecule has 0 saturated heterocycles. The first-order valence-corrected chi connectivity index (χ1v) is 9.62. The molecule has 1 amide bonds. The monoisotopic (exact) mass is 431 g/mol. The molecule has 32 heavy (non-hydrogen) atoms. The van der Waals surface area contributed by atoms with Crippen LogP contribution in [0.15, 0.2) is 89.9 Å². The van der Waals surface area contributed by atoms with Gasteiger partial charge in [-0.3, -0.25) is 9.59 Å². The van der Waals surface area contributed by atoms with Gasteiger partial charge in [0.2, 0.25) is 0 Å². The Balaban J connectivity index is 1.54. The standard InChI is InChI=1S/C24H18FN3O4/c1-31-22-15-16(25)7-12-21(22)28-24(30)20(13-14-26-28)23(29)27-17-8-10-19(11-9-17)32-18-5-3-2-4-6-18/h2-15H,1H3,(H,27,29). The predicted octanol–water partition coefficient (Wildman–Crippen LogP) is 4.42. The van der Waals surface area contributed by atoms with Gasteiger partial charge >= 0.3 is 0 Å². The van der Waals surface area contributed by atoms with Crippen LogP contribution >= 0.6 is 0 Å². The Kier molecular flexibility index (Phi) is 5.94. The van der Waals surface area contributed by atoms with Crippen LogP contribution in [0.3, 0.4) is 0 Å². The van der Waals surface area contributed by atoms with Crippen molar-refractivity contribution in [3.63, 3.8) is 0 Å². The van der Waals surface area contributed by atoms with Gasteiger partial charge in [-0.15, -0.1) is 0 Å². The van der Waals surface area contributed by atoms with E-state index in [0.717, 1.165) is 10.7 Å². The maximum Gasteiger partial charge on any atom is 0.284 e. The third-order valence-electron chi connectivity index (χ3n) is 4.55. The van der Waals surface area contributed by atoms with E-state index in [1.54, 1.807) is 24.3 Å². The molecular weight excluding hydrogens is 413 g/mol. The summed E-state index contributed by atoms with van der Waals surface area (Å²) in [6, 6.07) is 21.0. The van der Waals surface area contributed by atoms with Crippen molar-refractivity contribution in [1.82, 2.24) is 9.78 Å².